The summed E-state index contributed by atoms with van der Waals surface area (Å²) in [6.45, 7) is 1.15. The van der Waals surface area contributed by atoms with Crippen LogP contribution in [-0.4, -0.2) is 45.3 Å². The highest BCUT2D eigenvalue weighted by molar-refractivity contribution is 5.87. The van der Waals surface area contributed by atoms with Crippen LogP contribution in [0.2, 0.25) is 0 Å². The molecule has 132 valence electrons. The fraction of sp³-hybridized carbons (Fsp3) is 0.529. The van der Waals surface area contributed by atoms with E-state index in [0.29, 0.717) is 37.4 Å². The summed E-state index contributed by atoms with van der Waals surface area (Å²) >= 11 is 0. The van der Waals surface area contributed by atoms with Gasteiger partial charge in [-0.3, -0.25) is 4.79 Å². The van der Waals surface area contributed by atoms with Gasteiger partial charge in [0.2, 0.25) is 5.91 Å². The van der Waals surface area contributed by atoms with Gasteiger partial charge >= 0.3 is 6.03 Å². The van der Waals surface area contributed by atoms with E-state index in [1.807, 2.05) is 18.2 Å². The molecular weight excluding hydrogens is 310 g/mol. The molecule has 7 heteroatoms. The van der Waals surface area contributed by atoms with Crippen molar-refractivity contribution in [1.82, 2.24) is 16.0 Å². The van der Waals surface area contributed by atoms with Gasteiger partial charge in [-0.05, 0) is 43.4 Å². The van der Waals surface area contributed by atoms with Crippen LogP contribution < -0.4 is 25.4 Å². The molecule has 3 N–H and O–H groups in total. The minimum Gasteiger partial charge on any atom is -0.493 e. The number of urea groups is 1. The maximum atomic E-state index is 11.9. The molecule has 0 saturated carbocycles. The summed E-state index contributed by atoms with van der Waals surface area (Å²) < 4.78 is 10.5. The maximum Gasteiger partial charge on any atom is 0.315 e. The average molecular weight is 335 g/mol. The number of nitrogens with one attached hydrogen (secondary N) is 3. The average Bonchev–Trinajstić information content (AvgIpc) is 2.79. The molecule has 2 rings (SSSR count). The van der Waals surface area contributed by atoms with Gasteiger partial charge in [-0.25, -0.2) is 4.79 Å². The second kappa shape index (κ2) is 9.00. The molecule has 3 amide bonds. The summed E-state index contributed by atoms with van der Waals surface area (Å²) in [5.41, 5.74) is 1.03. The van der Waals surface area contributed by atoms with Crippen LogP contribution in [0.1, 0.15) is 24.8 Å². The molecule has 1 aliphatic heterocycles. The van der Waals surface area contributed by atoms with Gasteiger partial charge in [-0.15, -0.1) is 0 Å². The molecule has 1 saturated heterocycles. The quantitative estimate of drug-likeness (QED) is 0.729. The van der Waals surface area contributed by atoms with Crippen molar-refractivity contribution in [2.45, 2.75) is 31.7 Å². The summed E-state index contributed by atoms with van der Waals surface area (Å²) in [6, 6.07) is 4.88. The minimum atomic E-state index is -0.450. The summed E-state index contributed by atoms with van der Waals surface area (Å²) in [6.07, 6.45) is 3.21. The molecule has 0 spiro atoms. The Hall–Kier alpha value is -2.44. The van der Waals surface area contributed by atoms with Crippen molar-refractivity contribution in [3.63, 3.8) is 0 Å². The van der Waals surface area contributed by atoms with Crippen LogP contribution in [0.25, 0.3) is 0 Å². The van der Waals surface area contributed by atoms with Gasteiger partial charge in [0.25, 0.3) is 0 Å². The van der Waals surface area contributed by atoms with Crippen molar-refractivity contribution < 1.29 is 19.1 Å². The second-order valence-electron chi connectivity index (χ2n) is 5.68. The predicted molar refractivity (Wildman–Crippen MR) is 90.4 cm³/mol. The van der Waals surface area contributed by atoms with E-state index in [0.717, 1.165) is 18.4 Å². The standard InChI is InChI=1S/C17H25N3O4/c1-23-14-7-6-12(11-15(14)24-2)8-10-19-17(22)20-13-5-3-4-9-18-16(13)21/h6-7,11,13H,3-5,8-10H2,1-2H3,(H,18,21)(H2,19,20,22)/t13-/m0/s1. The number of rotatable bonds is 6. The first-order valence-corrected chi connectivity index (χ1v) is 8.17. The summed E-state index contributed by atoms with van der Waals surface area (Å²) in [5.74, 6) is 1.23. The van der Waals surface area contributed by atoms with Crippen LogP contribution >= 0.6 is 0 Å². The van der Waals surface area contributed by atoms with Gasteiger partial charge in [0.05, 0.1) is 14.2 Å². The highest BCUT2D eigenvalue weighted by Crippen LogP contribution is 2.27. The molecule has 24 heavy (non-hydrogen) atoms. The largest absolute Gasteiger partial charge is 0.493 e. The van der Waals surface area contributed by atoms with Crippen molar-refractivity contribution >= 4 is 11.9 Å². The number of benzene rings is 1. The minimum absolute atomic E-state index is 0.109. The second-order valence-corrected chi connectivity index (χ2v) is 5.68. The molecule has 1 heterocycles. The zero-order valence-electron chi connectivity index (χ0n) is 14.2. The van der Waals surface area contributed by atoms with Gasteiger partial charge in [-0.2, -0.15) is 0 Å². The molecule has 0 bridgehead atoms. The highest BCUT2D eigenvalue weighted by Gasteiger charge is 2.21. The van der Waals surface area contributed by atoms with Crippen LogP contribution in [0.5, 0.6) is 11.5 Å². The van der Waals surface area contributed by atoms with E-state index < -0.39 is 6.04 Å². The molecule has 1 aromatic rings. The van der Waals surface area contributed by atoms with Crippen LogP contribution in [0.15, 0.2) is 18.2 Å². The SMILES string of the molecule is COc1ccc(CCNC(=O)N[C@H]2CCCCNC2=O)cc1OC. The first-order valence-electron chi connectivity index (χ1n) is 8.17. The zero-order valence-corrected chi connectivity index (χ0v) is 14.2. The molecule has 0 unspecified atom stereocenters. The van der Waals surface area contributed by atoms with Crippen LogP contribution in [-0.2, 0) is 11.2 Å². The van der Waals surface area contributed by atoms with Crippen molar-refractivity contribution in [2.75, 3.05) is 27.3 Å². The Labute approximate surface area is 142 Å². The first-order chi connectivity index (χ1) is 11.6. The van der Waals surface area contributed by atoms with E-state index in [1.54, 1.807) is 14.2 Å². The third-order valence-corrected chi connectivity index (χ3v) is 3.99. The molecule has 0 aromatic heterocycles. The summed E-state index contributed by atoms with van der Waals surface area (Å²) in [7, 11) is 3.18. The lowest BCUT2D eigenvalue weighted by Crippen LogP contribution is -2.49. The van der Waals surface area contributed by atoms with Crippen LogP contribution in [0.3, 0.4) is 0 Å². The Bertz CT molecular complexity index is 577. The molecule has 1 aromatic carbocycles. The van der Waals surface area contributed by atoms with E-state index in [-0.39, 0.29) is 11.9 Å². The lowest BCUT2D eigenvalue weighted by Gasteiger charge is -2.16. The smallest absolute Gasteiger partial charge is 0.315 e. The highest BCUT2D eigenvalue weighted by atomic mass is 16.5. The zero-order chi connectivity index (χ0) is 17.4. The van der Waals surface area contributed by atoms with E-state index >= 15 is 0 Å². The van der Waals surface area contributed by atoms with Crippen molar-refractivity contribution in [3.8, 4) is 11.5 Å². The van der Waals surface area contributed by atoms with Gasteiger partial charge in [0.15, 0.2) is 11.5 Å². The Morgan fingerprint density at radius 2 is 2.04 bits per heavy atom. The lowest BCUT2D eigenvalue weighted by atomic mass is 10.1. The lowest BCUT2D eigenvalue weighted by molar-refractivity contribution is -0.122. The number of hydrogen-bond donors (Lipinski definition) is 3. The normalized spacial score (nSPS) is 17.4. The monoisotopic (exact) mass is 335 g/mol. The van der Waals surface area contributed by atoms with Crippen LogP contribution in [0, 0.1) is 0 Å². The number of ether oxygens (including phenoxy) is 2. The Kier molecular flexibility index (Phi) is 6.72. The molecule has 1 fully saturated rings. The van der Waals surface area contributed by atoms with Crippen molar-refractivity contribution in [2.24, 2.45) is 0 Å². The van der Waals surface area contributed by atoms with Crippen molar-refractivity contribution in [1.29, 1.82) is 0 Å². The number of amides is 3. The third-order valence-electron chi connectivity index (χ3n) is 3.99. The number of hydrogen-bond acceptors (Lipinski definition) is 4. The number of carbonyl (C=O) groups excluding carboxylic acids is 2. The van der Waals surface area contributed by atoms with Gasteiger partial charge in [0.1, 0.15) is 6.04 Å². The fourth-order valence-electron chi connectivity index (χ4n) is 2.64. The molecule has 0 aliphatic carbocycles. The third kappa shape index (κ3) is 5.04. The molecule has 1 atom stereocenters. The first kappa shape index (κ1) is 17.9. The Morgan fingerprint density at radius 1 is 1.25 bits per heavy atom. The number of methoxy groups -OCH3 is 2. The molecule has 7 nitrogen and oxygen atoms in total. The molecule has 0 radical (unpaired) electrons. The van der Waals surface area contributed by atoms with Crippen LogP contribution in [0.4, 0.5) is 4.79 Å². The summed E-state index contributed by atoms with van der Waals surface area (Å²) in [4.78, 5) is 23.7. The van der Waals surface area contributed by atoms with E-state index in [9.17, 15) is 9.59 Å². The number of carbonyl (C=O) groups is 2. The van der Waals surface area contributed by atoms with Gasteiger partial charge < -0.3 is 25.4 Å². The van der Waals surface area contributed by atoms with E-state index in [2.05, 4.69) is 16.0 Å². The Morgan fingerprint density at radius 3 is 2.79 bits per heavy atom. The van der Waals surface area contributed by atoms with E-state index in [4.69, 9.17) is 9.47 Å². The topological polar surface area (TPSA) is 88.7 Å². The van der Waals surface area contributed by atoms with Crippen molar-refractivity contribution in [3.05, 3.63) is 23.8 Å². The molecule has 1 aliphatic rings. The predicted octanol–water partition coefficient (Wildman–Crippen LogP) is 1.21. The maximum absolute atomic E-state index is 11.9. The fourth-order valence-corrected chi connectivity index (χ4v) is 2.64. The summed E-state index contributed by atoms with van der Waals surface area (Å²) in [5, 5.41) is 8.31. The van der Waals surface area contributed by atoms with Gasteiger partial charge in [-0.1, -0.05) is 6.07 Å². The molecular formula is C17H25N3O4. The van der Waals surface area contributed by atoms with E-state index in [1.165, 1.54) is 0 Å². The Balaban J connectivity index is 1.79. The van der Waals surface area contributed by atoms with Gasteiger partial charge in [0, 0.05) is 13.1 Å².